The lowest BCUT2D eigenvalue weighted by molar-refractivity contribution is -0.137. The highest BCUT2D eigenvalue weighted by atomic mass is 35.5. The van der Waals surface area contributed by atoms with E-state index < -0.39 is 23.2 Å². The van der Waals surface area contributed by atoms with Crippen molar-refractivity contribution in [3.63, 3.8) is 0 Å². The highest BCUT2D eigenvalue weighted by molar-refractivity contribution is 7.99. The molecule has 0 fully saturated rings. The van der Waals surface area contributed by atoms with Crippen LogP contribution in [0, 0.1) is 0 Å². The quantitative estimate of drug-likeness (QED) is 0.498. The first-order valence-electron chi connectivity index (χ1n) is 7.87. The molecule has 0 saturated heterocycles. The second-order valence-electron chi connectivity index (χ2n) is 5.52. The highest BCUT2D eigenvalue weighted by Crippen LogP contribution is 2.33. The first kappa shape index (κ1) is 20.2. The van der Waals surface area contributed by atoms with Crippen LogP contribution < -0.4 is 10.9 Å². The van der Waals surface area contributed by atoms with Gasteiger partial charge >= 0.3 is 6.18 Å². The summed E-state index contributed by atoms with van der Waals surface area (Å²) in [5.41, 5.74) is -1.12. The summed E-state index contributed by atoms with van der Waals surface area (Å²) in [4.78, 5) is 32.3. The van der Waals surface area contributed by atoms with Gasteiger partial charge in [0.2, 0.25) is 0 Å². The van der Waals surface area contributed by atoms with E-state index in [0.29, 0.717) is 17.6 Å². The summed E-state index contributed by atoms with van der Waals surface area (Å²) in [5, 5.41) is 2.66. The minimum absolute atomic E-state index is 0.112. The average Bonchev–Trinajstić information content (AvgIpc) is 2.65. The van der Waals surface area contributed by atoms with E-state index in [0.717, 1.165) is 17.8 Å². The molecule has 3 heterocycles. The van der Waals surface area contributed by atoms with Gasteiger partial charge in [0.15, 0.2) is 0 Å². The lowest BCUT2D eigenvalue weighted by atomic mass is 10.3. The van der Waals surface area contributed by atoms with Gasteiger partial charge in [0.1, 0.15) is 16.2 Å². The van der Waals surface area contributed by atoms with Gasteiger partial charge in [0.25, 0.3) is 11.5 Å². The Morgan fingerprint density at radius 3 is 2.75 bits per heavy atom. The Balaban J connectivity index is 1.59. The third-order valence-electron chi connectivity index (χ3n) is 3.62. The van der Waals surface area contributed by atoms with Crippen molar-refractivity contribution in [2.75, 3.05) is 12.3 Å². The van der Waals surface area contributed by atoms with Crippen LogP contribution in [0.3, 0.4) is 0 Å². The maximum Gasteiger partial charge on any atom is 0.417 e. The van der Waals surface area contributed by atoms with E-state index >= 15 is 0 Å². The minimum Gasteiger partial charge on any atom is -0.351 e. The molecule has 6 nitrogen and oxygen atoms in total. The topological polar surface area (TPSA) is 76.4 Å². The van der Waals surface area contributed by atoms with E-state index in [9.17, 15) is 22.8 Å². The summed E-state index contributed by atoms with van der Waals surface area (Å²) >= 11 is 6.91. The second-order valence-corrected chi connectivity index (χ2v) is 7.01. The van der Waals surface area contributed by atoms with Gasteiger partial charge < -0.3 is 5.32 Å². The van der Waals surface area contributed by atoms with Crippen molar-refractivity contribution in [2.45, 2.75) is 11.2 Å². The number of carbonyl (C=O) groups excluding carboxylic acids is 1. The molecule has 3 rings (SSSR count). The molecule has 0 spiro atoms. The largest absolute Gasteiger partial charge is 0.417 e. The van der Waals surface area contributed by atoms with Crippen molar-refractivity contribution in [2.24, 2.45) is 0 Å². The van der Waals surface area contributed by atoms with Gasteiger partial charge in [0.05, 0.1) is 10.6 Å². The molecule has 28 heavy (non-hydrogen) atoms. The summed E-state index contributed by atoms with van der Waals surface area (Å²) < 4.78 is 39.1. The number of rotatable bonds is 5. The number of hydrogen-bond acceptors (Lipinski definition) is 5. The Morgan fingerprint density at radius 1 is 1.25 bits per heavy atom. The van der Waals surface area contributed by atoms with Crippen LogP contribution in [-0.4, -0.2) is 32.6 Å². The second kappa shape index (κ2) is 8.19. The molecule has 0 aliphatic heterocycles. The third-order valence-corrected chi connectivity index (χ3v) is 5.03. The first-order chi connectivity index (χ1) is 13.3. The molecular formula is C17H12ClF3N4O2S. The average molecular weight is 429 g/mol. The minimum atomic E-state index is -4.52. The Labute approximate surface area is 165 Å². The number of carbonyl (C=O) groups is 1. The Kier molecular flexibility index (Phi) is 5.90. The Bertz CT molecular complexity index is 1090. The zero-order chi connectivity index (χ0) is 20.3. The molecule has 1 N–H and O–H groups in total. The maximum atomic E-state index is 12.6. The summed E-state index contributed by atoms with van der Waals surface area (Å²) in [6.45, 7) is 0.152. The van der Waals surface area contributed by atoms with Gasteiger partial charge in [0, 0.05) is 30.9 Å². The monoisotopic (exact) mass is 428 g/mol. The van der Waals surface area contributed by atoms with Crippen LogP contribution in [0.15, 0.2) is 52.7 Å². The predicted octanol–water partition coefficient (Wildman–Crippen LogP) is 3.28. The van der Waals surface area contributed by atoms with Crippen LogP contribution in [0.5, 0.6) is 0 Å². The van der Waals surface area contributed by atoms with E-state index in [1.54, 1.807) is 18.2 Å². The van der Waals surface area contributed by atoms with E-state index in [4.69, 9.17) is 11.6 Å². The normalized spacial score (nSPS) is 11.6. The van der Waals surface area contributed by atoms with E-state index in [1.807, 2.05) is 0 Å². The molecule has 0 saturated carbocycles. The number of amides is 1. The number of aromatic nitrogens is 3. The standard InChI is InChI=1S/C17H12ClF3N4O2S/c18-12-7-10(17(19,20)21)8-24-15(12)28-6-4-22-14(26)11-9-23-13-3-1-2-5-25(13)16(11)27/h1-3,5,7-9H,4,6H2,(H,22,26). The van der Waals surface area contributed by atoms with Crippen molar-refractivity contribution < 1.29 is 18.0 Å². The molecule has 3 aromatic rings. The molecule has 0 bridgehead atoms. The van der Waals surface area contributed by atoms with Crippen LogP contribution in [0.4, 0.5) is 13.2 Å². The molecule has 0 aromatic carbocycles. The third kappa shape index (κ3) is 4.45. The van der Waals surface area contributed by atoms with Gasteiger partial charge in [-0.3, -0.25) is 14.0 Å². The van der Waals surface area contributed by atoms with Crippen molar-refractivity contribution in [1.29, 1.82) is 0 Å². The number of alkyl halides is 3. The molecule has 146 valence electrons. The molecule has 0 aliphatic rings. The summed E-state index contributed by atoms with van der Waals surface area (Å²) in [6.07, 6.45) is -1.10. The van der Waals surface area contributed by atoms with Crippen molar-refractivity contribution >= 4 is 34.9 Å². The molecule has 1 amide bonds. The Morgan fingerprint density at radius 2 is 2.04 bits per heavy atom. The Hall–Kier alpha value is -2.59. The van der Waals surface area contributed by atoms with E-state index in [1.165, 1.54) is 16.8 Å². The van der Waals surface area contributed by atoms with Crippen LogP contribution in [0.1, 0.15) is 15.9 Å². The van der Waals surface area contributed by atoms with Crippen molar-refractivity contribution in [3.05, 3.63) is 69.4 Å². The lowest BCUT2D eigenvalue weighted by Gasteiger charge is -2.09. The smallest absolute Gasteiger partial charge is 0.351 e. The highest BCUT2D eigenvalue weighted by Gasteiger charge is 2.31. The van der Waals surface area contributed by atoms with Gasteiger partial charge in [-0.05, 0) is 18.2 Å². The summed E-state index contributed by atoms with van der Waals surface area (Å²) in [5.74, 6) is -0.297. The number of halogens is 4. The number of nitrogens with one attached hydrogen (secondary N) is 1. The zero-order valence-electron chi connectivity index (χ0n) is 14.0. The predicted molar refractivity (Wildman–Crippen MR) is 98.8 cm³/mol. The fourth-order valence-electron chi connectivity index (χ4n) is 2.28. The van der Waals surface area contributed by atoms with Crippen molar-refractivity contribution in [1.82, 2.24) is 19.7 Å². The lowest BCUT2D eigenvalue weighted by Crippen LogP contribution is -2.32. The van der Waals surface area contributed by atoms with Gasteiger partial charge in [-0.1, -0.05) is 17.7 Å². The van der Waals surface area contributed by atoms with E-state index in [-0.39, 0.29) is 22.2 Å². The van der Waals surface area contributed by atoms with Crippen molar-refractivity contribution in [3.8, 4) is 0 Å². The van der Waals surface area contributed by atoms with Gasteiger partial charge in [-0.15, -0.1) is 11.8 Å². The molecular weight excluding hydrogens is 417 g/mol. The van der Waals surface area contributed by atoms with E-state index in [2.05, 4.69) is 15.3 Å². The molecule has 0 atom stereocenters. The molecule has 3 aromatic heterocycles. The number of thioether (sulfide) groups is 1. The van der Waals surface area contributed by atoms with Crippen LogP contribution in [0.25, 0.3) is 5.65 Å². The van der Waals surface area contributed by atoms with Crippen LogP contribution >= 0.6 is 23.4 Å². The number of nitrogens with zero attached hydrogens (tertiary/aromatic N) is 3. The molecule has 11 heteroatoms. The number of fused-ring (bicyclic) bond motifs is 1. The SMILES string of the molecule is O=C(NCCSc1ncc(C(F)(F)F)cc1Cl)c1cnc2ccccn2c1=O. The zero-order valence-corrected chi connectivity index (χ0v) is 15.6. The number of hydrogen-bond donors (Lipinski definition) is 1. The fraction of sp³-hybridized carbons (Fsp3) is 0.176. The molecule has 0 aliphatic carbocycles. The molecule has 0 radical (unpaired) electrons. The first-order valence-corrected chi connectivity index (χ1v) is 9.24. The number of pyridine rings is 2. The van der Waals surface area contributed by atoms with Gasteiger partial charge in [-0.2, -0.15) is 13.2 Å². The molecule has 0 unspecified atom stereocenters. The summed E-state index contributed by atoms with van der Waals surface area (Å²) in [6, 6.07) is 5.81. The maximum absolute atomic E-state index is 12.6. The fourth-order valence-corrected chi connectivity index (χ4v) is 3.33. The van der Waals surface area contributed by atoms with Crippen LogP contribution in [0.2, 0.25) is 5.02 Å². The van der Waals surface area contributed by atoms with Gasteiger partial charge in [-0.25, -0.2) is 9.97 Å². The summed E-state index contributed by atoms with van der Waals surface area (Å²) in [7, 11) is 0. The van der Waals surface area contributed by atoms with Crippen LogP contribution in [-0.2, 0) is 6.18 Å².